The largest absolute Gasteiger partial charge is 0.349 e. The maximum absolute atomic E-state index is 12.7. The third-order valence-corrected chi connectivity index (χ3v) is 5.96. The molecule has 1 aliphatic rings. The highest BCUT2D eigenvalue weighted by Gasteiger charge is 2.28. The van der Waals surface area contributed by atoms with Crippen molar-refractivity contribution in [3.63, 3.8) is 0 Å². The molecule has 2 amide bonds. The van der Waals surface area contributed by atoms with E-state index in [0.717, 1.165) is 5.56 Å². The molecule has 2 aromatic carbocycles. The quantitative estimate of drug-likeness (QED) is 0.734. The Bertz CT molecular complexity index is 838. The number of amides is 2. The number of likely N-dealkylation sites (tertiary alicyclic amines) is 1. The summed E-state index contributed by atoms with van der Waals surface area (Å²) in [4.78, 5) is 27.1. The monoisotopic (exact) mass is 412 g/mol. The van der Waals surface area contributed by atoms with Gasteiger partial charge in [-0.25, -0.2) is 0 Å². The molecule has 0 aliphatic carbocycles. The Morgan fingerprint density at radius 1 is 0.931 bits per heavy atom. The van der Waals surface area contributed by atoms with Crippen molar-refractivity contribution < 1.29 is 9.59 Å². The fourth-order valence-electron chi connectivity index (χ4n) is 3.70. The van der Waals surface area contributed by atoms with Gasteiger partial charge < -0.3 is 10.2 Å². The van der Waals surface area contributed by atoms with E-state index in [1.807, 2.05) is 11.8 Å². The van der Waals surface area contributed by atoms with Crippen molar-refractivity contribution in [1.29, 1.82) is 0 Å². The number of hydrogen-bond donors (Lipinski definition) is 1. The van der Waals surface area contributed by atoms with Crippen LogP contribution in [0.3, 0.4) is 0 Å². The molecule has 4 nitrogen and oxygen atoms in total. The van der Waals surface area contributed by atoms with Crippen LogP contribution in [0.4, 0.5) is 0 Å². The number of halogens is 1. The zero-order valence-electron chi connectivity index (χ0n) is 17.3. The summed E-state index contributed by atoms with van der Waals surface area (Å²) in [6.45, 7) is 7.55. The molecule has 0 radical (unpaired) electrons. The molecule has 29 heavy (non-hydrogen) atoms. The van der Waals surface area contributed by atoms with Crippen LogP contribution >= 0.6 is 11.6 Å². The van der Waals surface area contributed by atoms with Gasteiger partial charge in [-0.1, -0.05) is 49.7 Å². The SMILES string of the molecule is CC(C)c1ccc([C@H](C)NC(=O)C2CCN(C(=O)c3ccc(Cl)cc3)CC2)cc1. The van der Waals surface area contributed by atoms with Crippen molar-refractivity contribution in [3.05, 3.63) is 70.2 Å². The van der Waals surface area contributed by atoms with Gasteiger partial charge in [0.25, 0.3) is 5.91 Å². The number of rotatable bonds is 5. The summed E-state index contributed by atoms with van der Waals surface area (Å²) >= 11 is 5.89. The van der Waals surface area contributed by atoms with Gasteiger partial charge in [0, 0.05) is 29.6 Å². The fraction of sp³-hybridized carbons (Fsp3) is 0.417. The van der Waals surface area contributed by atoms with Crippen LogP contribution in [-0.2, 0) is 4.79 Å². The number of nitrogens with one attached hydrogen (secondary N) is 1. The molecule has 1 saturated heterocycles. The number of carbonyl (C=O) groups excluding carboxylic acids is 2. The highest BCUT2D eigenvalue weighted by atomic mass is 35.5. The first-order valence-electron chi connectivity index (χ1n) is 10.3. The molecule has 154 valence electrons. The second-order valence-corrected chi connectivity index (χ2v) is 8.56. The molecule has 3 rings (SSSR count). The van der Waals surface area contributed by atoms with Gasteiger partial charge >= 0.3 is 0 Å². The number of benzene rings is 2. The van der Waals surface area contributed by atoms with E-state index in [0.29, 0.717) is 42.4 Å². The van der Waals surface area contributed by atoms with E-state index in [9.17, 15) is 9.59 Å². The molecule has 0 aromatic heterocycles. The number of hydrogen-bond acceptors (Lipinski definition) is 2. The van der Waals surface area contributed by atoms with Crippen LogP contribution in [-0.4, -0.2) is 29.8 Å². The van der Waals surface area contributed by atoms with Crippen LogP contribution in [0.25, 0.3) is 0 Å². The molecule has 0 spiro atoms. The van der Waals surface area contributed by atoms with E-state index in [1.165, 1.54) is 5.56 Å². The van der Waals surface area contributed by atoms with E-state index in [1.54, 1.807) is 24.3 Å². The normalized spacial score (nSPS) is 16.0. The summed E-state index contributed by atoms with van der Waals surface area (Å²) in [5.41, 5.74) is 3.04. The number of carbonyl (C=O) groups is 2. The first-order chi connectivity index (χ1) is 13.8. The zero-order chi connectivity index (χ0) is 21.0. The van der Waals surface area contributed by atoms with E-state index >= 15 is 0 Å². The molecule has 5 heteroatoms. The zero-order valence-corrected chi connectivity index (χ0v) is 18.1. The Morgan fingerprint density at radius 3 is 2.03 bits per heavy atom. The van der Waals surface area contributed by atoms with Crippen molar-refractivity contribution in [2.75, 3.05) is 13.1 Å². The Kier molecular flexibility index (Phi) is 6.96. The predicted molar refractivity (Wildman–Crippen MR) is 117 cm³/mol. The second kappa shape index (κ2) is 9.45. The minimum Gasteiger partial charge on any atom is -0.349 e. The fourth-order valence-corrected chi connectivity index (χ4v) is 3.83. The van der Waals surface area contributed by atoms with Crippen molar-refractivity contribution in [2.24, 2.45) is 5.92 Å². The van der Waals surface area contributed by atoms with Crippen LogP contribution in [0.2, 0.25) is 5.02 Å². The van der Waals surface area contributed by atoms with Gasteiger partial charge in [-0.05, 0) is 61.1 Å². The van der Waals surface area contributed by atoms with Gasteiger partial charge in [0.05, 0.1) is 6.04 Å². The van der Waals surface area contributed by atoms with E-state index < -0.39 is 0 Å². The minimum absolute atomic E-state index is 0.000801. The van der Waals surface area contributed by atoms with E-state index in [4.69, 9.17) is 11.6 Å². The highest BCUT2D eigenvalue weighted by Crippen LogP contribution is 2.23. The van der Waals surface area contributed by atoms with Gasteiger partial charge in [-0.2, -0.15) is 0 Å². The molecular weight excluding hydrogens is 384 g/mol. The van der Waals surface area contributed by atoms with Crippen LogP contribution < -0.4 is 5.32 Å². The summed E-state index contributed by atoms with van der Waals surface area (Å²) in [5, 5.41) is 3.76. The summed E-state index contributed by atoms with van der Waals surface area (Å²) in [7, 11) is 0. The molecular formula is C24H29ClN2O2. The van der Waals surface area contributed by atoms with Gasteiger partial charge in [-0.15, -0.1) is 0 Å². The number of nitrogens with zero attached hydrogens (tertiary/aromatic N) is 1. The lowest BCUT2D eigenvalue weighted by atomic mass is 9.94. The van der Waals surface area contributed by atoms with Crippen molar-refractivity contribution >= 4 is 23.4 Å². The van der Waals surface area contributed by atoms with Gasteiger partial charge in [0.1, 0.15) is 0 Å². The topological polar surface area (TPSA) is 49.4 Å². The molecule has 0 unspecified atom stereocenters. The average molecular weight is 413 g/mol. The van der Waals surface area contributed by atoms with E-state index in [-0.39, 0.29) is 23.8 Å². The summed E-state index contributed by atoms with van der Waals surface area (Å²) in [6.07, 6.45) is 1.37. The standard InChI is InChI=1S/C24H29ClN2O2/c1-16(2)18-4-6-19(7-5-18)17(3)26-23(28)20-12-14-27(15-13-20)24(29)21-8-10-22(25)11-9-21/h4-11,16-17,20H,12-15H2,1-3H3,(H,26,28)/t17-/m0/s1. The van der Waals surface area contributed by atoms with Crippen molar-refractivity contribution in [2.45, 2.75) is 45.6 Å². The Hall–Kier alpha value is -2.33. The first-order valence-corrected chi connectivity index (χ1v) is 10.7. The second-order valence-electron chi connectivity index (χ2n) is 8.13. The predicted octanol–water partition coefficient (Wildman–Crippen LogP) is 5.19. The third kappa shape index (κ3) is 5.39. The molecule has 2 aromatic rings. The van der Waals surface area contributed by atoms with Crippen LogP contribution in [0, 0.1) is 5.92 Å². The lowest BCUT2D eigenvalue weighted by Crippen LogP contribution is -2.43. The molecule has 1 heterocycles. The molecule has 1 N–H and O–H groups in total. The lowest BCUT2D eigenvalue weighted by Gasteiger charge is -2.32. The third-order valence-electron chi connectivity index (χ3n) is 5.71. The summed E-state index contributed by atoms with van der Waals surface area (Å²) < 4.78 is 0. The summed E-state index contributed by atoms with van der Waals surface area (Å²) in [6, 6.07) is 15.4. The molecule has 1 fully saturated rings. The van der Waals surface area contributed by atoms with E-state index in [2.05, 4.69) is 43.4 Å². The summed E-state index contributed by atoms with van der Waals surface area (Å²) in [5.74, 6) is 0.513. The van der Waals surface area contributed by atoms with Crippen molar-refractivity contribution in [3.8, 4) is 0 Å². The van der Waals surface area contributed by atoms with Gasteiger partial charge in [0.15, 0.2) is 0 Å². The Morgan fingerprint density at radius 2 is 1.48 bits per heavy atom. The number of piperidine rings is 1. The Balaban J connectivity index is 1.51. The minimum atomic E-state index is -0.0540. The smallest absolute Gasteiger partial charge is 0.253 e. The maximum atomic E-state index is 12.7. The van der Waals surface area contributed by atoms with Crippen LogP contribution in [0.5, 0.6) is 0 Å². The Labute approximate surface area is 178 Å². The first kappa shape index (κ1) is 21.4. The maximum Gasteiger partial charge on any atom is 0.253 e. The highest BCUT2D eigenvalue weighted by molar-refractivity contribution is 6.30. The molecule has 1 aliphatic heterocycles. The van der Waals surface area contributed by atoms with Gasteiger partial charge in [-0.3, -0.25) is 9.59 Å². The molecule has 0 saturated carbocycles. The van der Waals surface area contributed by atoms with Crippen molar-refractivity contribution in [1.82, 2.24) is 10.2 Å². The van der Waals surface area contributed by atoms with Crippen LogP contribution in [0.1, 0.15) is 67.1 Å². The molecule has 1 atom stereocenters. The lowest BCUT2D eigenvalue weighted by molar-refractivity contribution is -0.126. The molecule has 0 bridgehead atoms. The van der Waals surface area contributed by atoms with Crippen LogP contribution in [0.15, 0.2) is 48.5 Å². The average Bonchev–Trinajstić information content (AvgIpc) is 2.74. The van der Waals surface area contributed by atoms with Gasteiger partial charge in [0.2, 0.25) is 5.91 Å².